The van der Waals surface area contributed by atoms with E-state index in [1.165, 1.54) is 0 Å². The van der Waals surface area contributed by atoms with Gasteiger partial charge in [0.25, 0.3) is 0 Å². The van der Waals surface area contributed by atoms with Crippen molar-refractivity contribution in [1.29, 1.82) is 0 Å². The highest BCUT2D eigenvalue weighted by molar-refractivity contribution is 5.94. The summed E-state index contributed by atoms with van der Waals surface area (Å²) in [5.41, 5.74) is 2.02. The molecule has 1 aromatic carbocycles. The van der Waals surface area contributed by atoms with Gasteiger partial charge in [0.05, 0.1) is 6.04 Å². The van der Waals surface area contributed by atoms with Crippen molar-refractivity contribution >= 4 is 17.4 Å². The Hall–Kier alpha value is -1.71. The van der Waals surface area contributed by atoms with Crippen LogP contribution in [0.2, 0.25) is 0 Å². The molecule has 0 bridgehead atoms. The van der Waals surface area contributed by atoms with Crippen molar-refractivity contribution in [2.45, 2.75) is 19.9 Å². The number of carbonyl (C=O) groups is 1. The van der Waals surface area contributed by atoms with Crippen LogP contribution in [-0.2, 0) is 0 Å². The van der Waals surface area contributed by atoms with E-state index in [1.54, 1.807) is 0 Å². The predicted octanol–water partition coefficient (Wildman–Crippen LogP) is 2.62. The Morgan fingerprint density at radius 1 is 1.28 bits per heavy atom. The van der Waals surface area contributed by atoms with Crippen LogP contribution in [0.5, 0.6) is 0 Å². The molecule has 1 aliphatic rings. The van der Waals surface area contributed by atoms with Gasteiger partial charge in [-0.1, -0.05) is 13.8 Å². The first-order valence-electron chi connectivity index (χ1n) is 6.36. The molecule has 1 atom stereocenters. The van der Waals surface area contributed by atoms with E-state index in [9.17, 15) is 4.79 Å². The average molecular weight is 247 g/mol. The lowest BCUT2D eigenvalue weighted by Gasteiger charge is -2.20. The molecule has 4 nitrogen and oxygen atoms in total. The van der Waals surface area contributed by atoms with Crippen molar-refractivity contribution in [2.24, 2.45) is 5.92 Å². The maximum absolute atomic E-state index is 12.2. The summed E-state index contributed by atoms with van der Waals surface area (Å²) in [6.45, 7) is 5.08. The Labute approximate surface area is 109 Å². The molecule has 1 fully saturated rings. The standard InChI is InChI=1S/C14H21N3O/c1-10(2)13-9-17(14(18)16(13)4)12-7-5-11(15-3)6-8-12/h5-8,10,13,15H,9H2,1-4H3. The molecule has 1 aromatic rings. The van der Waals surface area contributed by atoms with Gasteiger partial charge in [-0.15, -0.1) is 0 Å². The van der Waals surface area contributed by atoms with Gasteiger partial charge in [-0.25, -0.2) is 4.79 Å². The number of urea groups is 1. The summed E-state index contributed by atoms with van der Waals surface area (Å²) in [4.78, 5) is 15.9. The number of nitrogens with one attached hydrogen (secondary N) is 1. The van der Waals surface area contributed by atoms with E-state index in [0.717, 1.165) is 17.9 Å². The second kappa shape index (κ2) is 4.88. The summed E-state index contributed by atoms with van der Waals surface area (Å²) >= 11 is 0. The number of likely N-dealkylation sites (N-methyl/N-ethyl adjacent to an activating group) is 1. The van der Waals surface area contributed by atoms with E-state index < -0.39 is 0 Å². The second-order valence-electron chi connectivity index (χ2n) is 5.11. The fraction of sp³-hybridized carbons (Fsp3) is 0.500. The number of amides is 2. The van der Waals surface area contributed by atoms with Gasteiger partial charge in [-0.05, 0) is 30.2 Å². The van der Waals surface area contributed by atoms with E-state index >= 15 is 0 Å². The van der Waals surface area contributed by atoms with Crippen LogP contribution in [0.15, 0.2) is 24.3 Å². The smallest absolute Gasteiger partial charge is 0.324 e. The number of benzene rings is 1. The zero-order chi connectivity index (χ0) is 13.3. The summed E-state index contributed by atoms with van der Waals surface area (Å²) < 4.78 is 0. The molecule has 0 saturated carbocycles. The zero-order valence-electron chi connectivity index (χ0n) is 11.5. The fourth-order valence-electron chi connectivity index (χ4n) is 2.40. The number of hydrogen-bond acceptors (Lipinski definition) is 2. The average Bonchev–Trinajstić information content (AvgIpc) is 2.67. The highest BCUT2D eigenvalue weighted by atomic mass is 16.2. The van der Waals surface area contributed by atoms with Gasteiger partial charge >= 0.3 is 6.03 Å². The highest BCUT2D eigenvalue weighted by Gasteiger charge is 2.36. The third-order valence-corrected chi connectivity index (χ3v) is 3.64. The van der Waals surface area contributed by atoms with Gasteiger partial charge in [0, 0.05) is 32.0 Å². The first kappa shape index (κ1) is 12.7. The van der Waals surface area contributed by atoms with Crippen molar-refractivity contribution in [3.8, 4) is 0 Å². The van der Waals surface area contributed by atoms with Crippen LogP contribution < -0.4 is 10.2 Å². The lowest BCUT2D eigenvalue weighted by Crippen LogP contribution is -2.33. The van der Waals surface area contributed by atoms with Crippen molar-refractivity contribution in [3.05, 3.63) is 24.3 Å². The predicted molar refractivity (Wildman–Crippen MR) is 75.1 cm³/mol. The molecule has 1 aliphatic heterocycles. The largest absolute Gasteiger partial charge is 0.388 e. The molecular formula is C14H21N3O. The SMILES string of the molecule is CNc1ccc(N2CC(C(C)C)N(C)C2=O)cc1. The molecule has 1 saturated heterocycles. The molecule has 4 heteroatoms. The third-order valence-electron chi connectivity index (χ3n) is 3.64. The zero-order valence-corrected chi connectivity index (χ0v) is 11.5. The van der Waals surface area contributed by atoms with E-state index in [1.807, 2.05) is 48.2 Å². The Morgan fingerprint density at radius 2 is 1.89 bits per heavy atom. The first-order valence-corrected chi connectivity index (χ1v) is 6.36. The second-order valence-corrected chi connectivity index (χ2v) is 5.11. The van der Waals surface area contributed by atoms with Crippen LogP contribution in [0.25, 0.3) is 0 Å². The van der Waals surface area contributed by atoms with Gasteiger partial charge in [-0.2, -0.15) is 0 Å². The van der Waals surface area contributed by atoms with E-state index in [2.05, 4.69) is 19.2 Å². The van der Waals surface area contributed by atoms with Crippen molar-refractivity contribution in [3.63, 3.8) is 0 Å². The molecule has 1 N–H and O–H groups in total. The van der Waals surface area contributed by atoms with Crippen molar-refractivity contribution < 1.29 is 4.79 Å². The molecule has 1 heterocycles. The van der Waals surface area contributed by atoms with Crippen LogP contribution in [-0.4, -0.2) is 37.6 Å². The van der Waals surface area contributed by atoms with Gasteiger partial charge in [0.1, 0.15) is 0 Å². The molecule has 18 heavy (non-hydrogen) atoms. The molecule has 1 unspecified atom stereocenters. The Kier molecular flexibility index (Phi) is 3.45. The first-order chi connectivity index (χ1) is 8.54. The summed E-state index contributed by atoms with van der Waals surface area (Å²) in [6.07, 6.45) is 0. The number of rotatable bonds is 3. The normalized spacial score (nSPS) is 19.8. The van der Waals surface area contributed by atoms with Gasteiger partial charge in [0.15, 0.2) is 0 Å². The minimum atomic E-state index is 0.0888. The lowest BCUT2D eigenvalue weighted by atomic mass is 10.0. The number of anilines is 2. The van der Waals surface area contributed by atoms with Crippen molar-refractivity contribution in [1.82, 2.24) is 4.90 Å². The molecule has 2 rings (SSSR count). The maximum Gasteiger partial charge on any atom is 0.324 e. The van der Waals surface area contributed by atoms with Crippen LogP contribution >= 0.6 is 0 Å². The monoisotopic (exact) mass is 247 g/mol. The van der Waals surface area contributed by atoms with Crippen LogP contribution in [0.3, 0.4) is 0 Å². The number of carbonyl (C=O) groups excluding carboxylic acids is 1. The molecule has 0 spiro atoms. The molecular weight excluding hydrogens is 226 g/mol. The minimum absolute atomic E-state index is 0.0888. The summed E-state index contributed by atoms with van der Waals surface area (Å²) in [6, 6.07) is 8.34. The van der Waals surface area contributed by atoms with Gasteiger partial charge in [-0.3, -0.25) is 4.90 Å². The van der Waals surface area contributed by atoms with E-state index in [-0.39, 0.29) is 6.03 Å². The molecule has 2 amide bonds. The Morgan fingerprint density at radius 3 is 2.33 bits per heavy atom. The highest BCUT2D eigenvalue weighted by Crippen LogP contribution is 2.27. The Balaban J connectivity index is 2.20. The van der Waals surface area contributed by atoms with Gasteiger partial charge in [0.2, 0.25) is 0 Å². The van der Waals surface area contributed by atoms with E-state index in [4.69, 9.17) is 0 Å². The molecule has 0 radical (unpaired) electrons. The van der Waals surface area contributed by atoms with Crippen LogP contribution in [0, 0.1) is 5.92 Å². The summed E-state index contributed by atoms with van der Waals surface area (Å²) in [7, 11) is 3.77. The topological polar surface area (TPSA) is 35.6 Å². The van der Waals surface area contributed by atoms with Crippen LogP contribution in [0.1, 0.15) is 13.8 Å². The van der Waals surface area contributed by atoms with Crippen LogP contribution in [0.4, 0.5) is 16.2 Å². The van der Waals surface area contributed by atoms with E-state index in [0.29, 0.717) is 12.0 Å². The summed E-state index contributed by atoms with van der Waals surface area (Å²) in [5, 5.41) is 3.08. The Bertz CT molecular complexity index is 427. The lowest BCUT2D eigenvalue weighted by molar-refractivity contribution is 0.208. The summed E-state index contributed by atoms with van der Waals surface area (Å²) in [5.74, 6) is 0.473. The molecule has 98 valence electrons. The molecule has 0 aliphatic carbocycles. The van der Waals surface area contributed by atoms with Gasteiger partial charge < -0.3 is 10.2 Å². The number of hydrogen-bond donors (Lipinski definition) is 1. The third kappa shape index (κ3) is 2.15. The number of nitrogens with zero attached hydrogens (tertiary/aromatic N) is 2. The van der Waals surface area contributed by atoms with Crippen molar-refractivity contribution in [2.75, 3.05) is 30.9 Å². The fourth-order valence-corrected chi connectivity index (χ4v) is 2.40. The maximum atomic E-state index is 12.2. The minimum Gasteiger partial charge on any atom is -0.388 e. The molecule has 0 aromatic heterocycles. The quantitative estimate of drug-likeness (QED) is 0.891.